The van der Waals surface area contributed by atoms with Gasteiger partial charge in [0.25, 0.3) is 0 Å². The molecule has 1 fully saturated rings. The number of rotatable bonds is 7. The van der Waals surface area contributed by atoms with Crippen LogP contribution in [-0.4, -0.2) is 50.9 Å². The Morgan fingerprint density at radius 1 is 1.35 bits per heavy atom. The van der Waals surface area contributed by atoms with Crippen LogP contribution in [0.15, 0.2) is 24.3 Å². The van der Waals surface area contributed by atoms with Gasteiger partial charge >= 0.3 is 0 Å². The van der Waals surface area contributed by atoms with Crippen molar-refractivity contribution in [2.75, 3.05) is 39.9 Å². The lowest BCUT2D eigenvalue weighted by Gasteiger charge is -2.29. The number of likely N-dealkylation sites (N-methyl/N-ethyl adjacent to an activating group) is 1. The van der Waals surface area contributed by atoms with E-state index in [0.717, 1.165) is 45.0 Å². The Morgan fingerprint density at radius 3 is 2.85 bits per heavy atom. The van der Waals surface area contributed by atoms with Gasteiger partial charge in [-0.15, -0.1) is 0 Å². The summed E-state index contributed by atoms with van der Waals surface area (Å²) in [7, 11) is 2.12. The van der Waals surface area contributed by atoms with Gasteiger partial charge in [-0.05, 0) is 37.7 Å². The molecule has 1 aliphatic rings. The third-order valence-electron chi connectivity index (χ3n) is 3.46. The van der Waals surface area contributed by atoms with Crippen molar-refractivity contribution < 1.29 is 9.47 Å². The maximum absolute atomic E-state index is 5.80. The van der Waals surface area contributed by atoms with Crippen LogP contribution < -0.4 is 10.1 Å². The molecule has 0 spiro atoms. The van der Waals surface area contributed by atoms with E-state index in [-0.39, 0.29) is 6.10 Å². The second kappa shape index (κ2) is 8.25. The Labute approximate surface area is 122 Å². The van der Waals surface area contributed by atoms with Gasteiger partial charge in [-0.1, -0.05) is 19.1 Å². The highest BCUT2D eigenvalue weighted by Crippen LogP contribution is 2.13. The molecule has 20 heavy (non-hydrogen) atoms. The number of nitrogens with one attached hydrogen (secondary N) is 1. The first-order valence-corrected chi connectivity index (χ1v) is 7.50. The van der Waals surface area contributed by atoms with Crippen LogP contribution in [-0.2, 0) is 11.3 Å². The SMILES string of the molecule is CCCNCc1ccc(OCC2CN(C)CCO2)cc1. The van der Waals surface area contributed by atoms with Gasteiger partial charge in [-0.3, -0.25) is 0 Å². The van der Waals surface area contributed by atoms with Crippen molar-refractivity contribution in [2.45, 2.75) is 26.0 Å². The standard InChI is InChI=1S/C16H26N2O2/c1-3-8-17-11-14-4-6-15(7-5-14)20-13-16-12-18(2)9-10-19-16/h4-7,16-17H,3,8-13H2,1-2H3. The fraction of sp³-hybridized carbons (Fsp3) is 0.625. The lowest BCUT2D eigenvalue weighted by molar-refractivity contribution is -0.0403. The molecule has 1 N–H and O–H groups in total. The Kier molecular flexibility index (Phi) is 6.30. The molecule has 1 saturated heterocycles. The van der Waals surface area contributed by atoms with Crippen LogP contribution in [0.25, 0.3) is 0 Å². The summed E-state index contributed by atoms with van der Waals surface area (Å²) in [5.74, 6) is 0.918. The van der Waals surface area contributed by atoms with Gasteiger partial charge in [0, 0.05) is 19.6 Å². The van der Waals surface area contributed by atoms with Crippen LogP contribution in [0.4, 0.5) is 0 Å². The van der Waals surface area contributed by atoms with Crippen molar-refractivity contribution in [3.05, 3.63) is 29.8 Å². The highest BCUT2D eigenvalue weighted by atomic mass is 16.5. The number of ether oxygens (including phenoxy) is 2. The van der Waals surface area contributed by atoms with Crippen LogP contribution in [0.5, 0.6) is 5.75 Å². The predicted molar refractivity (Wildman–Crippen MR) is 81.2 cm³/mol. The minimum absolute atomic E-state index is 0.180. The van der Waals surface area contributed by atoms with E-state index in [1.54, 1.807) is 0 Å². The average molecular weight is 278 g/mol. The van der Waals surface area contributed by atoms with Gasteiger partial charge in [-0.25, -0.2) is 0 Å². The van der Waals surface area contributed by atoms with Gasteiger partial charge < -0.3 is 19.7 Å². The lowest BCUT2D eigenvalue weighted by Crippen LogP contribution is -2.42. The molecule has 112 valence electrons. The van der Waals surface area contributed by atoms with Crippen LogP contribution >= 0.6 is 0 Å². The number of hydrogen-bond acceptors (Lipinski definition) is 4. The minimum atomic E-state index is 0.180. The summed E-state index contributed by atoms with van der Waals surface area (Å²) in [6, 6.07) is 8.31. The summed E-state index contributed by atoms with van der Waals surface area (Å²) in [5, 5.41) is 3.39. The molecule has 1 aromatic carbocycles. The molecule has 1 heterocycles. The van der Waals surface area contributed by atoms with Gasteiger partial charge in [0.05, 0.1) is 6.61 Å². The summed E-state index contributed by atoms with van der Waals surface area (Å²) in [5.41, 5.74) is 1.29. The Morgan fingerprint density at radius 2 is 2.15 bits per heavy atom. The fourth-order valence-corrected chi connectivity index (χ4v) is 2.27. The Balaban J connectivity index is 1.73. The second-order valence-corrected chi connectivity index (χ2v) is 5.39. The highest BCUT2D eigenvalue weighted by molar-refractivity contribution is 5.27. The molecule has 1 atom stereocenters. The van der Waals surface area contributed by atoms with Crippen LogP contribution in [0.3, 0.4) is 0 Å². The first kappa shape index (κ1) is 15.3. The maximum atomic E-state index is 5.80. The van der Waals surface area contributed by atoms with E-state index in [1.807, 2.05) is 12.1 Å². The molecule has 0 radical (unpaired) electrons. The Hall–Kier alpha value is -1.10. The van der Waals surface area contributed by atoms with E-state index < -0.39 is 0 Å². The second-order valence-electron chi connectivity index (χ2n) is 5.39. The molecule has 0 amide bonds. The number of hydrogen-bond donors (Lipinski definition) is 1. The summed E-state index contributed by atoms with van der Waals surface area (Å²) in [6.07, 6.45) is 1.34. The largest absolute Gasteiger partial charge is 0.491 e. The molecule has 1 aromatic rings. The molecule has 1 aliphatic heterocycles. The highest BCUT2D eigenvalue weighted by Gasteiger charge is 2.18. The van der Waals surface area contributed by atoms with Gasteiger partial charge in [-0.2, -0.15) is 0 Å². The number of morpholine rings is 1. The summed E-state index contributed by atoms with van der Waals surface area (Å²) in [4.78, 5) is 2.28. The first-order chi connectivity index (χ1) is 9.78. The maximum Gasteiger partial charge on any atom is 0.119 e. The van der Waals surface area contributed by atoms with E-state index in [2.05, 4.69) is 36.3 Å². The van der Waals surface area contributed by atoms with E-state index in [4.69, 9.17) is 9.47 Å². The normalized spacial score (nSPS) is 20.0. The third-order valence-corrected chi connectivity index (χ3v) is 3.46. The summed E-state index contributed by atoms with van der Waals surface area (Å²) in [6.45, 7) is 7.53. The first-order valence-electron chi connectivity index (χ1n) is 7.50. The van der Waals surface area contributed by atoms with Gasteiger partial charge in [0.2, 0.25) is 0 Å². The minimum Gasteiger partial charge on any atom is -0.491 e. The predicted octanol–water partition coefficient (Wildman–Crippen LogP) is 1.90. The zero-order valence-electron chi connectivity index (χ0n) is 12.6. The fourth-order valence-electron chi connectivity index (χ4n) is 2.27. The van der Waals surface area contributed by atoms with E-state index in [9.17, 15) is 0 Å². The van der Waals surface area contributed by atoms with Gasteiger partial charge in [0.15, 0.2) is 0 Å². The molecule has 2 rings (SSSR count). The topological polar surface area (TPSA) is 33.7 Å². The Bertz CT molecular complexity index is 381. The van der Waals surface area contributed by atoms with Crippen molar-refractivity contribution in [2.24, 2.45) is 0 Å². The van der Waals surface area contributed by atoms with Crippen molar-refractivity contribution in [3.63, 3.8) is 0 Å². The van der Waals surface area contributed by atoms with Gasteiger partial charge in [0.1, 0.15) is 18.5 Å². The molecule has 0 bridgehead atoms. The van der Waals surface area contributed by atoms with Crippen LogP contribution in [0.2, 0.25) is 0 Å². The van der Waals surface area contributed by atoms with Crippen molar-refractivity contribution in [1.82, 2.24) is 10.2 Å². The van der Waals surface area contributed by atoms with E-state index in [0.29, 0.717) is 6.61 Å². The molecule has 0 aliphatic carbocycles. The quantitative estimate of drug-likeness (QED) is 0.772. The van der Waals surface area contributed by atoms with Crippen molar-refractivity contribution in [3.8, 4) is 5.75 Å². The monoisotopic (exact) mass is 278 g/mol. The van der Waals surface area contributed by atoms with Crippen molar-refractivity contribution >= 4 is 0 Å². The van der Waals surface area contributed by atoms with E-state index in [1.165, 1.54) is 5.56 Å². The smallest absolute Gasteiger partial charge is 0.119 e. The molecule has 4 heteroatoms. The summed E-state index contributed by atoms with van der Waals surface area (Å²) < 4.78 is 11.5. The molecule has 0 saturated carbocycles. The molecule has 0 aromatic heterocycles. The van der Waals surface area contributed by atoms with Crippen LogP contribution in [0, 0.1) is 0 Å². The molecular formula is C16H26N2O2. The zero-order chi connectivity index (χ0) is 14.2. The van der Waals surface area contributed by atoms with E-state index >= 15 is 0 Å². The third kappa shape index (κ3) is 5.12. The number of benzene rings is 1. The summed E-state index contributed by atoms with van der Waals surface area (Å²) >= 11 is 0. The zero-order valence-corrected chi connectivity index (χ0v) is 12.6. The average Bonchev–Trinajstić information content (AvgIpc) is 2.47. The molecular weight excluding hydrogens is 252 g/mol. The molecule has 4 nitrogen and oxygen atoms in total. The molecule has 1 unspecified atom stereocenters. The van der Waals surface area contributed by atoms with Crippen molar-refractivity contribution in [1.29, 1.82) is 0 Å². The number of nitrogens with zero attached hydrogens (tertiary/aromatic N) is 1. The van der Waals surface area contributed by atoms with Crippen LogP contribution in [0.1, 0.15) is 18.9 Å². The lowest BCUT2D eigenvalue weighted by atomic mass is 10.2.